The van der Waals surface area contributed by atoms with E-state index in [-0.39, 0.29) is 26.2 Å². The molecule has 1 unspecified atom stereocenters. The van der Waals surface area contributed by atoms with Gasteiger partial charge in [0.15, 0.2) is 5.01 Å². The number of rotatable bonds is 7. The highest BCUT2D eigenvalue weighted by Crippen LogP contribution is 2.41. The van der Waals surface area contributed by atoms with E-state index in [9.17, 15) is 31.1 Å². The first-order valence-electron chi connectivity index (χ1n) is 11.5. The minimum atomic E-state index is -4.70. The number of aryl methyl sites for hydroxylation is 1. The third-order valence-corrected chi connectivity index (χ3v) is 10.1. The van der Waals surface area contributed by atoms with Crippen LogP contribution in [0.15, 0.2) is 40.4 Å². The van der Waals surface area contributed by atoms with Crippen LogP contribution in [0.1, 0.15) is 31.7 Å². The highest BCUT2D eigenvalue weighted by Gasteiger charge is 2.47. The quantitative estimate of drug-likeness (QED) is 0.337. The third-order valence-electron chi connectivity index (χ3n) is 6.07. The maximum absolute atomic E-state index is 13.4. The molecule has 1 fully saturated rings. The van der Waals surface area contributed by atoms with Crippen LogP contribution in [0.4, 0.5) is 13.2 Å². The van der Waals surface area contributed by atoms with Crippen LogP contribution in [0.25, 0.3) is 32.7 Å². The SMILES string of the molecule is CC(C)S(=O)c1ccc(-c2cc(S(=O)(=O)NC3(C#N)CC3)cc3c(-c4nnc(C(F)(F)F)s4)nn(C)c23)cn1. The van der Waals surface area contributed by atoms with Gasteiger partial charge in [-0.25, -0.2) is 13.4 Å². The summed E-state index contributed by atoms with van der Waals surface area (Å²) in [6, 6.07) is 7.87. The molecule has 1 atom stereocenters. The Morgan fingerprint density at radius 1 is 1.23 bits per heavy atom. The van der Waals surface area contributed by atoms with Gasteiger partial charge in [-0.05, 0) is 37.1 Å². The van der Waals surface area contributed by atoms with Crippen LogP contribution in [0, 0.1) is 11.3 Å². The molecule has 3 aromatic heterocycles. The number of nitrogens with zero attached hydrogens (tertiary/aromatic N) is 6. The molecule has 3 heterocycles. The number of fused-ring (bicyclic) bond motifs is 1. The lowest BCUT2D eigenvalue weighted by Crippen LogP contribution is -2.35. The zero-order valence-electron chi connectivity index (χ0n) is 20.6. The largest absolute Gasteiger partial charge is 0.445 e. The van der Waals surface area contributed by atoms with Crippen LogP contribution in [0.5, 0.6) is 0 Å². The fourth-order valence-electron chi connectivity index (χ4n) is 3.94. The van der Waals surface area contributed by atoms with E-state index in [1.807, 2.05) is 6.07 Å². The molecule has 1 N–H and O–H groups in total. The van der Waals surface area contributed by atoms with Crippen molar-refractivity contribution in [2.24, 2.45) is 7.05 Å². The van der Waals surface area contributed by atoms with E-state index < -0.39 is 37.5 Å². The zero-order valence-corrected chi connectivity index (χ0v) is 23.1. The van der Waals surface area contributed by atoms with Crippen molar-refractivity contribution in [2.75, 3.05) is 0 Å². The molecule has 1 aliphatic carbocycles. The molecule has 204 valence electrons. The number of benzene rings is 1. The van der Waals surface area contributed by atoms with Gasteiger partial charge in [0.25, 0.3) is 0 Å². The smallest absolute Gasteiger partial charge is 0.267 e. The number of halogens is 3. The van der Waals surface area contributed by atoms with Crippen LogP contribution in [-0.2, 0) is 34.0 Å². The molecule has 0 radical (unpaired) electrons. The Hall–Kier alpha value is -3.26. The van der Waals surface area contributed by atoms with Gasteiger partial charge in [0.05, 0.1) is 27.3 Å². The molecule has 39 heavy (non-hydrogen) atoms. The van der Waals surface area contributed by atoms with Gasteiger partial charge < -0.3 is 0 Å². The lowest BCUT2D eigenvalue weighted by Gasteiger charge is -2.13. The molecule has 16 heteroatoms. The summed E-state index contributed by atoms with van der Waals surface area (Å²) in [5.74, 6) is 0. The Kier molecular flexibility index (Phi) is 6.61. The lowest BCUT2D eigenvalue weighted by molar-refractivity contribution is -0.138. The molecule has 1 aliphatic rings. The van der Waals surface area contributed by atoms with Gasteiger partial charge in [0, 0.05) is 35.0 Å². The van der Waals surface area contributed by atoms with Crippen molar-refractivity contribution in [1.82, 2.24) is 29.7 Å². The van der Waals surface area contributed by atoms with Crippen molar-refractivity contribution in [1.29, 1.82) is 5.26 Å². The first-order valence-corrected chi connectivity index (χ1v) is 15.0. The van der Waals surface area contributed by atoms with E-state index in [0.717, 1.165) is 0 Å². The minimum absolute atomic E-state index is 0.0192. The summed E-state index contributed by atoms with van der Waals surface area (Å²) in [7, 11) is -4.01. The number of nitrogens with one attached hydrogen (secondary N) is 1. The van der Waals surface area contributed by atoms with E-state index in [0.29, 0.717) is 45.8 Å². The van der Waals surface area contributed by atoms with Gasteiger partial charge in [0.2, 0.25) is 15.0 Å². The van der Waals surface area contributed by atoms with Gasteiger partial charge in [-0.1, -0.05) is 25.2 Å². The molecular weight excluding hydrogens is 575 g/mol. The third kappa shape index (κ3) is 5.07. The van der Waals surface area contributed by atoms with Crippen LogP contribution in [0.2, 0.25) is 0 Å². The highest BCUT2D eigenvalue weighted by molar-refractivity contribution is 7.89. The summed E-state index contributed by atoms with van der Waals surface area (Å²) >= 11 is 0.290. The molecule has 0 aliphatic heterocycles. The van der Waals surface area contributed by atoms with Crippen molar-refractivity contribution in [3.05, 3.63) is 35.5 Å². The van der Waals surface area contributed by atoms with E-state index in [2.05, 4.69) is 25.0 Å². The Morgan fingerprint density at radius 2 is 1.95 bits per heavy atom. The number of sulfonamides is 1. The number of pyridine rings is 1. The van der Waals surface area contributed by atoms with Crippen molar-refractivity contribution in [2.45, 2.75) is 53.6 Å². The Bertz CT molecular complexity index is 1770. The van der Waals surface area contributed by atoms with Crippen molar-refractivity contribution >= 4 is 43.1 Å². The van der Waals surface area contributed by atoms with Crippen LogP contribution >= 0.6 is 11.3 Å². The van der Waals surface area contributed by atoms with Crippen molar-refractivity contribution in [3.8, 4) is 27.9 Å². The molecule has 0 saturated heterocycles. The van der Waals surface area contributed by atoms with Crippen molar-refractivity contribution < 1.29 is 25.8 Å². The first-order chi connectivity index (χ1) is 18.2. The minimum Gasteiger partial charge on any atom is -0.267 e. The average molecular weight is 596 g/mol. The normalized spacial score (nSPS) is 15.9. The second-order valence-electron chi connectivity index (χ2n) is 9.28. The zero-order chi connectivity index (χ0) is 28.3. The van der Waals surface area contributed by atoms with Crippen LogP contribution in [0.3, 0.4) is 0 Å². The van der Waals surface area contributed by atoms with Crippen LogP contribution < -0.4 is 4.72 Å². The fourth-order valence-corrected chi connectivity index (χ4v) is 6.91. The molecule has 0 bridgehead atoms. The predicted octanol–water partition coefficient (Wildman–Crippen LogP) is 4.02. The Balaban J connectivity index is 1.73. The van der Waals surface area contributed by atoms with E-state index >= 15 is 0 Å². The predicted molar refractivity (Wildman–Crippen MR) is 137 cm³/mol. The first kappa shape index (κ1) is 27.3. The Morgan fingerprint density at radius 3 is 2.49 bits per heavy atom. The van der Waals surface area contributed by atoms with E-state index in [1.165, 1.54) is 23.0 Å². The standard InChI is InChI=1S/C23H20F3N7O3S3/c1-12(2)38(34)17-5-4-13(10-28-17)15-8-14(39(35,36)32-22(11-27)6-7-22)9-16-18(31-33(3)19(15)16)20-29-30-21(37-20)23(24,25)26/h4-5,8-10,12,32H,6-7H2,1-3H3. The second kappa shape index (κ2) is 9.44. The summed E-state index contributed by atoms with van der Waals surface area (Å²) in [6.07, 6.45) is -2.53. The monoisotopic (exact) mass is 595 g/mol. The number of hydrogen-bond donors (Lipinski definition) is 1. The Labute approximate surface area is 227 Å². The molecule has 5 rings (SSSR count). The topological polar surface area (TPSA) is 144 Å². The van der Waals surface area contributed by atoms with E-state index in [4.69, 9.17) is 0 Å². The molecule has 0 amide bonds. The average Bonchev–Trinajstić information content (AvgIpc) is 3.30. The lowest BCUT2D eigenvalue weighted by atomic mass is 10.0. The highest BCUT2D eigenvalue weighted by atomic mass is 32.2. The number of nitriles is 1. The van der Waals surface area contributed by atoms with Gasteiger partial charge in [-0.2, -0.15) is 28.3 Å². The van der Waals surface area contributed by atoms with Gasteiger partial charge in [-0.3, -0.25) is 8.89 Å². The summed E-state index contributed by atoms with van der Waals surface area (Å²) in [6.45, 7) is 3.58. The van der Waals surface area contributed by atoms with Crippen LogP contribution in [-0.4, -0.2) is 48.4 Å². The molecular formula is C23H20F3N7O3S3. The molecule has 4 aromatic rings. The maximum Gasteiger partial charge on any atom is 0.445 e. The summed E-state index contributed by atoms with van der Waals surface area (Å²) < 4.78 is 82.7. The summed E-state index contributed by atoms with van der Waals surface area (Å²) in [4.78, 5) is 4.09. The van der Waals surface area contributed by atoms with Gasteiger partial charge >= 0.3 is 6.18 Å². The van der Waals surface area contributed by atoms with Gasteiger partial charge in [0.1, 0.15) is 16.3 Å². The second-order valence-corrected chi connectivity index (χ2v) is 13.9. The van der Waals surface area contributed by atoms with Gasteiger partial charge in [-0.15, -0.1) is 10.2 Å². The number of hydrogen-bond acceptors (Lipinski definition) is 9. The summed E-state index contributed by atoms with van der Waals surface area (Å²) in [5, 5.41) is 19.8. The number of aromatic nitrogens is 5. The van der Waals surface area contributed by atoms with Crippen molar-refractivity contribution in [3.63, 3.8) is 0 Å². The maximum atomic E-state index is 13.4. The molecule has 10 nitrogen and oxygen atoms in total. The molecule has 0 spiro atoms. The molecule has 1 saturated carbocycles. The number of alkyl halides is 3. The fraction of sp³-hybridized carbons (Fsp3) is 0.348. The summed E-state index contributed by atoms with van der Waals surface area (Å²) in [5.41, 5.74) is 0.0624. The van der Waals surface area contributed by atoms with E-state index in [1.54, 1.807) is 33.0 Å². The molecule has 1 aromatic carbocycles.